The van der Waals surface area contributed by atoms with Crippen molar-refractivity contribution < 1.29 is 9.47 Å². The van der Waals surface area contributed by atoms with E-state index >= 15 is 0 Å². The van der Waals surface area contributed by atoms with Crippen LogP contribution in [0.5, 0.6) is 11.5 Å². The molecule has 1 aromatic carbocycles. The molecule has 7 heteroatoms. The van der Waals surface area contributed by atoms with E-state index in [1.165, 1.54) is 5.56 Å². The Morgan fingerprint density at radius 3 is 2.56 bits per heavy atom. The molecule has 0 aliphatic heterocycles. The molecule has 0 saturated heterocycles. The second kappa shape index (κ2) is 9.27. The lowest BCUT2D eigenvalue weighted by molar-refractivity contribution is 0.287. The molecule has 2 N–H and O–H groups in total. The van der Waals surface area contributed by atoms with Gasteiger partial charge in [0.05, 0.1) is 30.8 Å². The highest BCUT2D eigenvalue weighted by Crippen LogP contribution is 2.28. The van der Waals surface area contributed by atoms with E-state index in [4.69, 9.17) is 21.7 Å². The van der Waals surface area contributed by atoms with E-state index in [2.05, 4.69) is 21.8 Å². The van der Waals surface area contributed by atoms with Crippen LogP contribution in [0.15, 0.2) is 24.4 Å². The SMILES string of the molecule is CCOc1ccc(CCNC(=S)Nc2cnn(C)c2C)cc1OCC. The molecular formula is C18H26N4O2S. The highest BCUT2D eigenvalue weighted by atomic mass is 32.1. The van der Waals surface area contributed by atoms with Gasteiger partial charge in [0.15, 0.2) is 16.6 Å². The van der Waals surface area contributed by atoms with E-state index in [-0.39, 0.29) is 0 Å². The number of rotatable bonds is 8. The van der Waals surface area contributed by atoms with Crippen LogP contribution >= 0.6 is 12.2 Å². The van der Waals surface area contributed by atoms with Gasteiger partial charge in [0.25, 0.3) is 0 Å². The van der Waals surface area contributed by atoms with Gasteiger partial charge in [-0.1, -0.05) is 6.07 Å². The zero-order valence-electron chi connectivity index (χ0n) is 15.3. The molecule has 2 rings (SSSR count). The Morgan fingerprint density at radius 2 is 1.92 bits per heavy atom. The number of nitrogens with zero attached hydrogens (tertiary/aromatic N) is 2. The summed E-state index contributed by atoms with van der Waals surface area (Å²) in [6.07, 6.45) is 2.60. The highest BCUT2D eigenvalue weighted by molar-refractivity contribution is 7.80. The first kappa shape index (κ1) is 19.1. The summed E-state index contributed by atoms with van der Waals surface area (Å²) in [5.41, 5.74) is 3.12. The number of ether oxygens (including phenoxy) is 2. The van der Waals surface area contributed by atoms with E-state index in [0.717, 1.165) is 35.8 Å². The zero-order chi connectivity index (χ0) is 18.2. The van der Waals surface area contributed by atoms with Crippen LogP contribution in [0.25, 0.3) is 0 Å². The molecule has 136 valence electrons. The monoisotopic (exact) mass is 362 g/mol. The molecule has 0 radical (unpaired) electrons. The van der Waals surface area contributed by atoms with E-state index in [1.807, 2.05) is 40.0 Å². The number of anilines is 1. The summed E-state index contributed by atoms with van der Waals surface area (Å²) in [5, 5.41) is 11.2. The molecule has 1 aromatic heterocycles. The Bertz CT molecular complexity index is 715. The molecule has 0 unspecified atom stereocenters. The van der Waals surface area contributed by atoms with Crippen molar-refractivity contribution in [1.82, 2.24) is 15.1 Å². The van der Waals surface area contributed by atoms with Crippen molar-refractivity contribution >= 4 is 23.0 Å². The second-order valence-corrected chi connectivity index (χ2v) is 5.95. The third-order valence-corrected chi connectivity index (χ3v) is 4.04. The number of hydrogen-bond acceptors (Lipinski definition) is 4. The lowest BCUT2D eigenvalue weighted by Gasteiger charge is -2.13. The van der Waals surface area contributed by atoms with Crippen LogP contribution in [0.1, 0.15) is 25.1 Å². The minimum Gasteiger partial charge on any atom is -0.490 e. The van der Waals surface area contributed by atoms with Crippen molar-refractivity contribution in [2.45, 2.75) is 27.2 Å². The number of aromatic nitrogens is 2. The fourth-order valence-electron chi connectivity index (χ4n) is 2.36. The average Bonchev–Trinajstić information content (AvgIpc) is 2.89. The van der Waals surface area contributed by atoms with Gasteiger partial charge in [-0.2, -0.15) is 5.10 Å². The van der Waals surface area contributed by atoms with Crippen molar-refractivity contribution in [3.8, 4) is 11.5 Å². The molecule has 2 aromatic rings. The summed E-state index contributed by atoms with van der Waals surface area (Å²) in [6, 6.07) is 6.04. The van der Waals surface area contributed by atoms with Crippen molar-refractivity contribution in [2.24, 2.45) is 7.05 Å². The molecule has 0 aliphatic rings. The van der Waals surface area contributed by atoms with E-state index in [1.54, 1.807) is 10.9 Å². The minimum atomic E-state index is 0.590. The van der Waals surface area contributed by atoms with Crippen molar-refractivity contribution in [2.75, 3.05) is 25.1 Å². The van der Waals surface area contributed by atoms with Gasteiger partial charge < -0.3 is 20.1 Å². The summed E-state index contributed by atoms with van der Waals surface area (Å²) in [4.78, 5) is 0. The molecule has 0 saturated carbocycles. The predicted molar refractivity (Wildman–Crippen MR) is 105 cm³/mol. The Kier molecular flexibility index (Phi) is 7.06. The average molecular weight is 362 g/mol. The lowest BCUT2D eigenvalue weighted by atomic mass is 10.1. The summed E-state index contributed by atoms with van der Waals surface area (Å²) in [7, 11) is 1.90. The third kappa shape index (κ3) is 5.35. The predicted octanol–water partition coefficient (Wildman–Crippen LogP) is 3.06. The summed E-state index contributed by atoms with van der Waals surface area (Å²) in [6.45, 7) is 7.88. The smallest absolute Gasteiger partial charge is 0.170 e. The van der Waals surface area contributed by atoms with Crippen LogP contribution < -0.4 is 20.1 Å². The Morgan fingerprint density at radius 1 is 1.20 bits per heavy atom. The number of hydrogen-bond donors (Lipinski definition) is 2. The standard InChI is InChI=1S/C18H26N4O2S/c1-5-23-16-8-7-14(11-17(16)24-6-2)9-10-19-18(25)21-15-12-20-22(4)13(15)3/h7-8,11-12H,5-6,9-10H2,1-4H3,(H2,19,21,25). The summed E-state index contributed by atoms with van der Waals surface area (Å²) < 4.78 is 13.1. The molecule has 1 heterocycles. The van der Waals surface area contributed by atoms with Gasteiger partial charge in [0.2, 0.25) is 0 Å². The number of thiocarbonyl (C=S) groups is 1. The first-order valence-electron chi connectivity index (χ1n) is 8.47. The molecule has 0 atom stereocenters. The van der Waals surface area contributed by atoms with Gasteiger partial charge in [0.1, 0.15) is 0 Å². The number of benzene rings is 1. The summed E-state index contributed by atoms with van der Waals surface area (Å²) >= 11 is 5.34. The molecule has 0 spiro atoms. The summed E-state index contributed by atoms with van der Waals surface area (Å²) in [5.74, 6) is 1.57. The Hall–Kier alpha value is -2.28. The van der Waals surface area contributed by atoms with Crippen LogP contribution in [0.2, 0.25) is 0 Å². The van der Waals surface area contributed by atoms with E-state index in [0.29, 0.717) is 18.3 Å². The minimum absolute atomic E-state index is 0.590. The highest BCUT2D eigenvalue weighted by Gasteiger charge is 2.07. The molecule has 6 nitrogen and oxygen atoms in total. The third-order valence-electron chi connectivity index (χ3n) is 3.79. The molecule has 25 heavy (non-hydrogen) atoms. The fraction of sp³-hybridized carbons (Fsp3) is 0.444. The second-order valence-electron chi connectivity index (χ2n) is 5.55. The quantitative estimate of drug-likeness (QED) is 0.704. The van der Waals surface area contributed by atoms with E-state index in [9.17, 15) is 0 Å². The maximum absolute atomic E-state index is 5.66. The first-order chi connectivity index (χ1) is 12.0. The molecule has 0 bridgehead atoms. The van der Waals surface area contributed by atoms with Gasteiger partial charge in [0, 0.05) is 13.6 Å². The van der Waals surface area contributed by atoms with Crippen LogP contribution in [0.3, 0.4) is 0 Å². The number of nitrogens with one attached hydrogen (secondary N) is 2. The van der Waals surface area contributed by atoms with Crippen molar-refractivity contribution in [3.05, 3.63) is 35.7 Å². The Labute approximate surface area is 154 Å². The van der Waals surface area contributed by atoms with Gasteiger partial charge in [-0.25, -0.2) is 0 Å². The van der Waals surface area contributed by atoms with Crippen LogP contribution in [-0.2, 0) is 13.5 Å². The van der Waals surface area contributed by atoms with Gasteiger partial charge in [-0.15, -0.1) is 0 Å². The normalized spacial score (nSPS) is 10.4. The molecular weight excluding hydrogens is 336 g/mol. The lowest BCUT2D eigenvalue weighted by Crippen LogP contribution is -2.30. The maximum atomic E-state index is 5.66. The molecule has 0 amide bonds. The van der Waals surface area contributed by atoms with Crippen molar-refractivity contribution in [1.29, 1.82) is 0 Å². The van der Waals surface area contributed by atoms with Crippen LogP contribution in [0, 0.1) is 6.92 Å². The first-order valence-corrected chi connectivity index (χ1v) is 8.88. The number of aryl methyl sites for hydroxylation is 1. The van der Waals surface area contributed by atoms with E-state index < -0.39 is 0 Å². The zero-order valence-corrected chi connectivity index (χ0v) is 16.1. The maximum Gasteiger partial charge on any atom is 0.170 e. The Balaban J connectivity index is 1.87. The van der Waals surface area contributed by atoms with Gasteiger partial charge in [-0.05, 0) is 57.1 Å². The topological polar surface area (TPSA) is 60.3 Å². The van der Waals surface area contributed by atoms with Gasteiger partial charge in [-0.3, -0.25) is 4.68 Å². The molecule has 0 aliphatic carbocycles. The largest absolute Gasteiger partial charge is 0.490 e. The fourth-order valence-corrected chi connectivity index (χ4v) is 2.57. The molecule has 0 fully saturated rings. The van der Waals surface area contributed by atoms with Crippen molar-refractivity contribution in [3.63, 3.8) is 0 Å². The van der Waals surface area contributed by atoms with Gasteiger partial charge >= 0.3 is 0 Å². The van der Waals surface area contributed by atoms with Crippen LogP contribution in [-0.4, -0.2) is 34.7 Å². The van der Waals surface area contributed by atoms with Crippen LogP contribution in [0.4, 0.5) is 5.69 Å².